The van der Waals surface area contributed by atoms with Crippen LogP contribution in [0.25, 0.3) is 0 Å². The summed E-state index contributed by atoms with van der Waals surface area (Å²) < 4.78 is 24.2. The molecule has 136 valence electrons. The number of nitrogens with one attached hydrogen (secondary N) is 1. The molecule has 2 N–H and O–H groups in total. The van der Waals surface area contributed by atoms with E-state index < -0.39 is 13.5 Å². The maximum atomic E-state index is 13.4. The molecule has 0 aromatic heterocycles. The zero-order valence-corrected chi connectivity index (χ0v) is 14.9. The molecular weight excluding hydrogens is 332 g/mol. The molecule has 24 heavy (non-hydrogen) atoms. The number of amides is 1. The molecule has 1 aromatic carbocycles. The maximum Gasteiger partial charge on any atom is 0.224 e. The SMILES string of the molecule is CCCCCCCCCC(=O)Nc1ccc(C(F)P(=O)([O-])O)cc1. The van der Waals surface area contributed by atoms with E-state index in [0.717, 1.165) is 19.3 Å². The van der Waals surface area contributed by atoms with E-state index in [0.29, 0.717) is 12.1 Å². The normalized spacial score (nSPS) is 14.8. The molecule has 0 saturated heterocycles. The van der Waals surface area contributed by atoms with E-state index in [1.165, 1.54) is 49.9 Å². The van der Waals surface area contributed by atoms with Crippen LogP contribution in [0.3, 0.4) is 0 Å². The third kappa shape index (κ3) is 8.04. The molecule has 0 heterocycles. The standard InChI is InChI=1S/C17H27FNO4P/c1-2-3-4-5-6-7-8-9-16(20)19-15-12-10-14(11-13-15)17(18)24(21,22)23/h10-13,17H,2-9H2,1H3,(H,19,20)(H2,21,22,23)/p-1. The number of rotatable bonds is 11. The van der Waals surface area contributed by atoms with E-state index in [2.05, 4.69) is 12.2 Å². The number of carbonyl (C=O) groups is 1. The van der Waals surface area contributed by atoms with Gasteiger partial charge in [-0.3, -0.25) is 4.79 Å². The summed E-state index contributed by atoms with van der Waals surface area (Å²) in [4.78, 5) is 31.3. The number of carbonyl (C=O) groups excluding carboxylic acids is 1. The monoisotopic (exact) mass is 358 g/mol. The summed E-state index contributed by atoms with van der Waals surface area (Å²) in [5, 5.41) is 2.69. The first-order valence-electron chi connectivity index (χ1n) is 8.42. The molecule has 0 aliphatic rings. The van der Waals surface area contributed by atoms with Crippen LogP contribution in [0.1, 0.15) is 69.8 Å². The summed E-state index contributed by atoms with van der Waals surface area (Å²) in [5.41, 5.74) is 0.304. The summed E-state index contributed by atoms with van der Waals surface area (Å²) in [6.07, 6.45) is 8.33. The largest absolute Gasteiger partial charge is 0.776 e. The fraction of sp³-hybridized carbons (Fsp3) is 0.588. The smallest absolute Gasteiger partial charge is 0.224 e. The van der Waals surface area contributed by atoms with E-state index >= 15 is 0 Å². The van der Waals surface area contributed by atoms with Crippen molar-refractivity contribution in [1.29, 1.82) is 0 Å². The van der Waals surface area contributed by atoms with Crippen LogP contribution in [-0.4, -0.2) is 10.8 Å². The van der Waals surface area contributed by atoms with Gasteiger partial charge in [-0.2, -0.15) is 0 Å². The van der Waals surface area contributed by atoms with Crippen LogP contribution in [0.4, 0.5) is 10.1 Å². The summed E-state index contributed by atoms with van der Waals surface area (Å²) in [6, 6.07) is 5.30. The highest BCUT2D eigenvalue weighted by Crippen LogP contribution is 2.48. The van der Waals surface area contributed by atoms with Crippen molar-refractivity contribution in [2.75, 3.05) is 5.32 Å². The predicted molar refractivity (Wildman–Crippen MR) is 91.4 cm³/mol. The minimum Gasteiger partial charge on any atom is -0.776 e. The van der Waals surface area contributed by atoms with Gasteiger partial charge in [0.1, 0.15) is 0 Å². The van der Waals surface area contributed by atoms with Gasteiger partial charge < -0.3 is 19.7 Å². The molecule has 1 amide bonds. The number of hydrogen-bond donors (Lipinski definition) is 2. The molecule has 1 aromatic rings. The highest BCUT2D eigenvalue weighted by molar-refractivity contribution is 7.50. The molecule has 0 fully saturated rings. The first kappa shape index (κ1) is 20.8. The van der Waals surface area contributed by atoms with Crippen LogP contribution in [0.15, 0.2) is 24.3 Å². The Balaban J connectivity index is 2.31. The molecule has 2 atom stereocenters. The van der Waals surface area contributed by atoms with Crippen molar-refractivity contribution in [1.82, 2.24) is 0 Å². The van der Waals surface area contributed by atoms with Gasteiger partial charge in [0, 0.05) is 12.1 Å². The van der Waals surface area contributed by atoms with Gasteiger partial charge in [-0.25, -0.2) is 4.39 Å². The van der Waals surface area contributed by atoms with E-state index in [-0.39, 0.29) is 11.5 Å². The molecule has 2 unspecified atom stereocenters. The minimum atomic E-state index is -5.05. The fourth-order valence-electron chi connectivity index (χ4n) is 2.38. The van der Waals surface area contributed by atoms with Crippen LogP contribution >= 0.6 is 7.60 Å². The van der Waals surface area contributed by atoms with Crippen LogP contribution in [0.5, 0.6) is 0 Å². The number of anilines is 1. The van der Waals surface area contributed by atoms with Crippen molar-refractivity contribution in [2.45, 2.75) is 64.2 Å². The third-order valence-electron chi connectivity index (χ3n) is 3.76. The Morgan fingerprint density at radius 1 is 1.17 bits per heavy atom. The van der Waals surface area contributed by atoms with Crippen molar-refractivity contribution in [3.05, 3.63) is 29.8 Å². The Morgan fingerprint density at radius 2 is 1.71 bits per heavy atom. The first-order valence-corrected chi connectivity index (χ1v) is 10.1. The molecule has 7 heteroatoms. The van der Waals surface area contributed by atoms with Crippen molar-refractivity contribution in [3.8, 4) is 0 Å². The maximum absolute atomic E-state index is 13.4. The lowest BCUT2D eigenvalue weighted by Crippen LogP contribution is -2.11. The van der Waals surface area contributed by atoms with Gasteiger partial charge in [-0.15, -0.1) is 0 Å². The average Bonchev–Trinajstić information content (AvgIpc) is 2.53. The van der Waals surface area contributed by atoms with Gasteiger partial charge in [-0.05, 0) is 24.1 Å². The van der Waals surface area contributed by atoms with Crippen molar-refractivity contribution in [3.63, 3.8) is 0 Å². The highest BCUT2D eigenvalue weighted by atomic mass is 31.2. The lowest BCUT2D eigenvalue weighted by molar-refractivity contribution is -0.199. The van der Waals surface area contributed by atoms with Gasteiger partial charge in [0.2, 0.25) is 5.91 Å². The number of alkyl halides is 1. The second-order valence-corrected chi connectivity index (χ2v) is 7.52. The summed E-state index contributed by atoms with van der Waals surface area (Å²) in [7, 11) is -5.05. The first-order chi connectivity index (χ1) is 11.3. The van der Waals surface area contributed by atoms with E-state index in [4.69, 9.17) is 4.89 Å². The molecular formula is C17H26FNO4P-. The Morgan fingerprint density at radius 3 is 2.25 bits per heavy atom. The number of hydrogen-bond acceptors (Lipinski definition) is 3. The zero-order valence-electron chi connectivity index (χ0n) is 14.0. The number of unbranched alkanes of at least 4 members (excludes halogenated alkanes) is 6. The zero-order chi connectivity index (χ0) is 18.0. The lowest BCUT2D eigenvalue weighted by atomic mass is 10.1. The van der Waals surface area contributed by atoms with Crippen molar-refractivity contribution < 1.29 is 23.5 Å². The van der Waals surface area contributed by atoms with Gasteiger partial charge in [0.25, 0.3) is 0 Å². The van der Waals surface area contributed by atoms with Crippen LogP contribution < -0.4 is 10.2 Å². The Labute approximate surface area is 142 Å². The summed E-state index contributed by atoms with van der Waals surface area (Å²) >= 11 is 0. The Bertz CT molecular complexity index is 544. The topological polar surface area (TPSA) is 89.5 Å². The van der Waals surface area contributed by atoms with E-state index in [1.54, 1.807) is 0 Å². The fourth-order valence-corrected chi connectivity index (χ4v) is 2.93. The number of benzene rings is 1. The Kier molecular flexibility index (Phi) is 9.19. The second kappa shape index (κ2) is 10.6. The van der Waals surface area contributed by atoms with Crippen molar-refractivity contribution >= 4 is 19.2 Å². The average molecular weight is 358 g/mol. The lowest BCUT2D eigenvalue weighted by Gasteiger charge is -2.20. The molecule has 0 spiro atoms. The van der Waals surface area contributed by atoms with Crippen LogP contribution in [-0.2, 0) is 9.36 Å². The van der Waals surface area contributed by atoms with Gasteiger partial charge >= 0.3 is 0 Å². The summed E-state index contributed by atoms with van der Waals surface area (Å²) in [6.45, 7) is 2.17. The minimum absolute atomic E-state index is 0.121. The van der Waals surface area contributed by atoms with E-state index in [1.807, 2.05) is 0 Å². The number of halogens is 1. The molecule has 0 bridgehead atoms. The highest BCUT2D eigenvalue weighted by Gasteiger charge is 2.21. The molecule has 5 nitrogen and oxygen atoms in total. The van der Waals surface area contributed by atoms with Gasteiger partial charge in [0.05, 0.1) is 0 Å². The third-order valence-corrected chi connectivity index (χ3v) is 4.63. The quantitative estimate of drug-likeness (QED) is 0.456. The van der Waals surface area contributed by atoms with Crippen LogP contribution in [0, 0.1) is 0 Å². The molecule has 1 rings (SSSR count). The molecule has 0 radical (unpaired) electrons. The predicted octanol–water partition coefficient (Wildman–Crippen LogP) is 4.28. The molecule has 0 aliphatic heterocycles. The van der Waals surface area contributed by atoms with Gasteiger partial charge in [-0.1, -0.05) is 57.6 Å². The van der Waals surface area contributed by atoms with Crippen LogP contribution in [0.2, 0.25) is 0 Å². The molecule has 0 aliphatic carbocycles. The summed E-state index contributed by atoms with van der Waals surface area (Å²) in [5.74, 6) is -2.57. The van der Waals surface area contributed by atoms with Gasteiger partial charge in [0.15, 0.2) is 13.5 Å². The second-order valence-electron chi connectivity index (χ2n) is 5.94. The van der Waals surface area contributed by atoms with Crippen molar-refractivity contribution in [2.24, 2.45) is 0 Å². The molecule has 0 saturated carbocycles. The Hall–Kier alpha value is -1.23. The van der Waals surface area contributed by atoms with E-state index in [9.17, 15) is 18.6 Å².